The number of nitro benzene ring substituents is 1. The van der Waals surface area contributed by atoms with E-state index in [-0.39, 0.29) is 10.6 Å². The van der Waals surface area contributed by atoms with Crippen LogP contribution in [0.3, 0.4) is 0 Å². The third kappa shape index (κ3) is 3.54. The first kappa shape index (κ1) is 17.9. The average Bonchev–Trinajstić information content (AvgIpc) is 2.66. The molecule has 0 N–H and O–H groups in total. The van der Waals surface area contributed by atoms with E-state index in [1.807, 2.05) is 26.0 Å². The van der Waals surface area contributed by atoms with Crippen molar-refractivity contribution in [1.82, 2.24) is 0 Å². The summed E-state index contributed by atoms with van der Waals surface area (Å²) in [4.78, 5) is 15.7. The van der Waals surface area contributed by atoms with E-state index < -0.39 is 0 Å². The topological polar surface area (TPSA) is 74.0 Å². The van der Waals surface area contributed by atoms with Crippen molar-refractivity contribution < 1.29 is 14.4 Å². The third-order valence-corrected chi connectivity index (χ3v) is 4.19. The highest BCUT2D eigenvalue weighted by Crippen LogP contribution is 2.35. The van der Waals surface area contributed by atoms with Gasteiger partial charge in [0.2, 0.25) is 0 Å². The number of nitro groups is 1. The van der Waals surface area contributed by atoms with E-state index in [1.54, 1.807) is 18.2 Å². The van der Waals surface area contributed by atoms with Crippen molar-refractivity contribution in [2.24, 2.45) is 4.99 Å². The Balaban J connectivity index is 2.11. The van der Waals surface area contributed by atoms with Crippen molar-refractivity contribution in [3.05, 3.63) is 63.2 Å². The third-order valence-electron chi connectivity index (χ3n) is 4.19. The molecule has 26 heavy (non-hydrogen) atoms. The van der Waals surface area contributed by atoms with E-state index in [2.05, 4.69) is 4.99 Å². The molecule has 0 saturated carbocycles. The molecule has 0 spiro atoms. The average molecular weight is 354 g/mol. The molecule has 2 aromatic carbocycles. The van der Waals surface area contributed by atoms with E-state index in [0.717, 1.165) is 24.0 Å². The van der Waals surface area contributed by atoms with Crippen LogP contribution in [0.15, 0.2) is 41.4 Å². The Labute approximate surface area is 152 Å². The van der Waals surface area contributed by atoms with Gasteiger partial charge < -0.3 is 9.47 Å². The highest BCUT2D eigenvalue weighted by atomic mass is 16.6. The van der Waals surface area contributed by atoms with Crippen LogP contribution in [0.2, 0.25) is 0 Å². The van der Waals surface area contributed by atoms with Gasteiger partial charge in [0, 0.05) is 18.2 Å². The zero-order valence-electron chi connectivity index (χ0n) is 15.0. The predicted molar refractivity (Wildman–Crippen MR) is 101 cm³/mol. The molecule has 3 rings (SSSR count). The summed E-state index contributed by atoms with van der Waals surface area (Å²) < 4.78 is 11.6. The van der Waals surface area contributed by atoms with Gasteiger partial charge in [-0.3, -0.25) is 15.1 Å². The van der Waals surface area contributed by atoms with Crippen LogP contribution < -0.4 is 9.47 Å². The number of para-hydroxylation sites is 1. The molecule has 1 aliphatic heterocycles. The molecule has 6 heteroatoms. The van der Waals surface area contributed by atoms with Gasteiger partial charge in [-0.2, -0.15) is 0 Å². The summed E-state index contributed by atoms with van der Waals surface area (Å²) in [5.41, 5.74) is 3.18. The van der Waals surface area contributed by atoms with Crippen molar-refractivity contribution in [3.8, 4) is 11.5 Å². The van der Waals surface area contributed by atoms with Crippen LogP contribution in [0.1, 0.15) is 37.0 Å². The SMILES string of the molecule is CCCOc1cc2c(cc1OCC)CCN=C2c1ccccc1[N+](=O)[O-]. The van der Waals surface area contributed by atoms with Crippen LogP contribution in [0.5, 0.6) is 11.5 Å². The maximum Gasteiger partial charge on any atom is 0.278 e. The van der Waals surface area contributed by atoms with Gasteiger partial charge in [0.15, 0.2) is 11.5 Å². The second-order valence-electron chi connectivity index (χ2n) is 5.99. The van der Waals surface area contributed by atoms with Crippen molar-refractivity contribution in [2.75, 3.05) is 19.8 Å². The minimum atomic E-state index is -0.366. The highest BCUT2D eigenvalue weighted by molar-refractivity contribution is 6.16. The summed E-state index contributed by atoms with van der Waals surface area (Å²) in [6.45, 7) is 5.69. The first-order valence-electron chi connectivity index (χ1n) is 8.86. The molecule has 136 valence electrons. The molecule has 0 aromatic heterocycles. The fraction of sp³-hybridized carbons (Fsp3) is 0.350. The lowest BCUT2D eigenvalue weighted by Gasteiger charge is -2.21. The van der Waals surface area contributed by atoms with Crippen molar-refractivity contribution in [1.29, 1.82) is 0 Å². The molecule has 2 aromatic rings. The number of aliphatic imine (C=N–C) groups is 1. The summed E-state index contributed by atoms with van der Waals surface area (Å²) >= 11 is 0. The fourth-order valence-electron chi connectivity index (χ4n) is 3.06. The largest absolute Gasteiger partial charge is 0.490 e. The first-order valence-corrected chi connectivity index (χ1v) is 8.86. The van der Waals surface area contributed by atoms with Crippen LogP contribution in [-0.4, -0.2) is 30.4 Å². The molecule has 0 bridgehead atoms. The highest BCUT2D eigenvalue weighted by Gasteiger charge is 2.25. The molecule has 0 saturated heterocycles. The van der Waals surface area contributed by atoms with E-state index in [0.29, 0.717) is 42.5 Å². The lowest BCUT2D eigenvalue weighted by molar-refractivity contribution is -0.385. The normalized spacial score (nSPS) is 12.9. The van der Waals surface area contributed by atoms with Crippen LogP contribution in [-0.2, 0) is 6.42 Å². The molecule has 0 amide bonds. The van der Waals surface area contributed by atoms with Gasteiger partial charge in [-0.05, 0) is 43.5 Å². The maximum atomic E-state index is 11.4. The van der Waals surface area contributed by atoms with Gasteiger partial charge in [-0.15, -0.1) is 0 Å². The second-order valence-corrected chi connectivity index (χ2v) is 5.99. The molecule has 0 radical (unpaired) electrons. The molecular formula is C20H22N2O4. The maximum absolute atomic E-state index is 11.4. The van der Waals surface area contributed by atoms with Gasteiger partial charge in [-0.25, -0.2) is 0 Å². The molecule has 0 fully saturated rings. The Bertz CT molecular complexity index is 846. The Morgan fingerprint density at radius 2 is 1.88 bits per heavy atom. The van der Waals surface area contributed by atoms with Crippen LogP contribution in [0.25, 0.3) is 0 Å². The Kier molecular flexibility index (Phi) is 5.51. The summed E-state index contributed by atoms with van der Waals surface area (Å²) in [5.74, 6) is 1.36. The summed E-state index contributed by atoms with van der Waals surface area (Å²) in [5, 5.41) is 11.4. The van der Waals surface area contributed by atoms with Gasteiger partial charge >= 0.3 is 0 Å². The predicted octanol–water partition coefficient (Wildman–Crippen LogP) is 4.18. The summed E-state index contributed by atoms with van der Waals surface area (Å²) in [6.07, 6.45) is 1.65. The number of rotatable bonds is 7. The second kappa shape index (κ2) is 7.99. The Morgan fingerprint density at radius 3 is 2.62 bits per heavy atom. The minimum absolute atomic E-state index is 0.0593. The van der Waals surface area contributed by atoms with Crippen molar-refractivity contribution in [3.63, 3.8) is 0 Å². The molecule has 0 unspecified atom stereocenters. The number of fused-ring (bicyclic) bond motifs is 1. The van der Waals surface area contributed by atoms with Crippen molar-refractivity contribution >= 4 is 11.4 Å². The van der Waals surface area contributed by atoms with E-state index >= 15 is 0 Å². The smallest absolute Gasteiger partial charge is 0.278 e. The molecule has 1 heterocycles. The lowest BCUT2D eigenvalue weighted by atomic mass is 9.92. The van der Waals surface area contributed by atoms with E-state index in [9.17, 15) is 10.1 Å². The van der Waals surface area contributed by atoms with E-state index in [4.69, 9.17) is 9.47 Å². The molecule has 0 aliphatic carbocycles. The number of benzene rings is 2. The molecule has 0 atom stereocenters. The first-order chi connectivity index (χ1) is 12.7. The summed E-state index contributed by atoms with van der Waals surface area (Å²) in [6, 6.07) is 10.6. The Morgan fingerprint density at radius 1 is 1.12 bits per heavy atom. The number of nitrogens with zero attached hydrogens (tertiary/aromatic N) is 2. The van der Waals surface area contributed by atoms with Crippen LogP contribution in [0, 0.1) is 10.1 Å². The van der Waals surface area contributed by atoms with Gasteiger partial charge in [-0.1, -0.05) is 19.1 Å². The zero-order chi connectivity index (χ0) is 18.5. The number of ether oxygens (including phenoxy) is 2. The van der Waals surface area contributed by atoms with Gasteiger partial charge in [0.25, 0.3) is 5.69 Å². The molecule has 6 nitrogen and oxygen atoms in total. The lowest BCUT2D eigenvalue weighted by Crippen LogP contribution is -2.16. The minimum Gasteiger partial charge on any atom is -0.490 e. The standard InChI is InChI=1S/C20H22N2O4/c1-3-11-26-19-13-16-14(12-18(19)25-4-2)9-10-21-20(16)15-7-5-6-8-17(15)22(23)24/h5-8,12-13H,3-4,9-11H2,1-2H3. The van der Waals surface area contributed by atoms with Gasteiger partial charge in [0.05, 0.1) is 29.4 Å². The zero-order valence-corrected chi connectivity index (χ0v) is 15.0. The van der Waals surface area contributed by atoms with E-state index in [1.165, 1.54) is 6.07 Å². The van der Waals surface area contributed by atoms with Crippen LogP contribution >= 0.6 is 0 Å². The molecule has 1 aliphatic rings. The molecular weight excluding hydrogens is 332 g/mol. The number of hydrogen-bond acceptors (Lipinski definition) is 5. The quantitative estimate of drug-likeness (QED) is 0.552. The summed E-state index contributed by atoms with van der Waals surface area (Å²) in [7, 11) is 0. The van der Waals surface area contributed by atoms with Crippen molar-refractivity contribution in [2.45, 2.75) is 26.7 Å². The number of hydrogen-bond donors (Lipinski definition) is 0. The Hall–Kier alpha value is -2.89. The van der Waals surface area contributed by atoms with Crippen LogP contribution in [0.4, 0.5) is 5.69 Å². The fourth-order valence-corrected chi connectivity index (χ4v) is 3.06. The van der Waals surface area contributed by atoms with Gasteiger partial charge in [0.1, 0.15) is 0 Å². The monoisotopic (exact) mass is 354 g/mol.